The highest BCUT2D eigenvalue weighted by molar-refractivity contribution is 5.76. The third kappa shape index (κ3) is 3.94. The van der Waals surface area contributed by atoms with Crippen LogP contribution in [0, 0.1) is 28.6 Å². The Kier molecular flexibility index (Phi) is 6.14. The number of carbonyl (C=O) groups excluding carboxylic acids is 1. The minimum absolute atomic E-state index is 0.0733. The van der Waals surface area contributed by atoms with Gasteiger partial charge in [0.05, 0.1) is 24.7 Å². The molecule has 4 aliphatic carbocycles. The molecule has 4 saturated carbocycles. The summed E-state index contributed by atoms with van der Waals surface area (Å²) in [6.07, 6.45) is 9.50. The summed E-state index contributed by atoms with van der Waals surface area (Å²) in [4.78, 5) is 34.4. The minimum atomic E-state index is -0.982. The Morgan fingerprint density at radius 1 is 1.03 bits per heavy atom. The lowest BCUT2D eigenvalue weighted by atomic mass is 9.43. The van der Waals surface area contributed by atoms with E-state index in [1.807, 2.05) is 6.07 Å². The molecule has 4 fully saturated rings. The predicted molar refractivity (Wildman–Crippen MR) is 128 cm³/mol. The van der Waals surface area contributed by atoms with Crippen LogP contribution in [0.2, 0.25) is 0 Å². The van der Waals surface area contributed by atoms with E-state index in [1.165, 1.54) is 6.07 Å². The quantitative estimate of drug-likeness (QED) is 0.582. The average molecular weight is 487 g/mol. The molecule has 0 spiro atoms. The van der Waals surface area contributed by atoms with Crippen molar-refractivity contribution in [2.45, 2.75) is 102 Å². The van der Waals surface area contributed by atoms with E-state index < -0.39 is 17.5 Å². The third-order valence-electron chi connectivity index (χ3n) is 10.8. The van der Waals surface area contributed by atoms with Crippen LogP contribution in [-0.2, 0) is 14.3 Å². The number of ether oxygens (including phenoxy) is 1. The number of hydrogen-bond donors (Lipinski definition) is 2. The molecule has 5 rings (SSSR count). The Balaban J connectivity index is 1.31. The van der Waals surface area contributed by atoms with Crippen molar-refractivity contribution >= 4 is 11.9 Å². The number of carboxylic acid groups (broad SMARTS) is 1. The fraction of sp³-hybridized carbons (Fsp3) is 0.750. The summed E-state index contributed by atoms with van der Waals surface area (Å²) in [7, 11) is 0. The molecule has 192 valence electrons. The molecule has 8 atom stereocenters. The van der Waals surface area contributed by atoms with Gasteiger partial charge in [0.25, 0.3) is 0 Å². The van der Waals surface area contributed by atoms with E-state index in [0.717, 1.165) is 63.4 Å². The van der Waals surface area contributed by atoms with Gasteiger partial charge in [0.1, 0.15) is 6.10 Å². The van der Waals surface area contributed by atoms with Gasteiger partial charge in [0.15, 0.2) is 0 Å². The summed E-state index contributed by atoms with van der Waals surface area (Å²) in [6.45, 7) is 4.63. The summed E-state index contributed by atoms with van der Waals surface area (Å²) in [5.74, 6) is -0.0724. The molecule has 0 bridgehead atoms. The van der Waals surface area contributed by atoms with E-state index in [2.05, 4.69) is 13.8 Å². The van der Waals surface area contributed by atoms with E-state index in [-0.39, 0.29) is 47.2 Å². The smallest absolute Gasteiger partial charge is 0.335 e. The van der Waals surface area contributed by atoms with E-state index in [9.17, 15) is 19.5 Å². The molecule has 0 saturated heterocycles. The molecule has 1 aromatic heterocycles. The lowest BCUT2D eigenvalue weighted by Crippen LogP contribution is -2.62. The maximum Gasteiger partial charge on any atom is 0.335 e. The van der Waals surface area contributed by atoms with E-state index in [0.29, 0.717) is 11.8 Å². The van der Waals surface area contributed by atoms with Gasteiger partial charge in [-0.3, -0.25) is 9.59 Å². The normalized spacial score (nSPS) is 42.4. The number of hydrogen-bond acceptors (Lipinski definition) is 6. The van der Waals surface area contributed by atoms with E-state index in [1.54, 1.807) is 6.26 Å². The second-order valence-electron chi connectivity index (χ2n) is 12.1. The summed E-state index contributed by atoms with van der Waals surface area (Å²) < 4.78 is 10.8. The molecular formula is C28H38O7. The first-order valence-corrected chi connectivity index (χ1v) is 13.3. The van der Waals surface area contributed by atoms with Gasteiger partial charge in [-0.1, -0.05) is 13.8 Å². The van der Waals surface area contributed by atoms with Crippen molar-refractivity contribution in [3.8, 4) is 0 Å². The standard InChI is InChI=1S/C28H38O7/c1-26-12-9-19(35-25(32)8-6-23(29)30)15-18(26)4-5-22-21(26)10-13-27(2)20(11-14-28(22,27)33)17-3-7-24(31)34-16-17/h3,7,16,18-22,33H,4-6,8-15H2,1-2H3,(H,29,30)/t18-,19+,20-,21+,22-,26+,27-,28+/m1/s1. The molecule has 7 heteroatoms. The molecule has 0 unspecified atom stereocenters. The number of esters is 1. The lowest BCUT2D eigenvalue weighted by Gasteiger charge is -2.63. The molecule has 7 nitrogen and oxygen atoms in total. The van der Waals surface area contributed by atoms with Crippen molar-refractivity contribution in [3.05, 3.63) is 34.4 Å². The van der Waals surface area contributed by atoms with Gasteiger partial charge < -0.3 is 19.4 Å². The highest BCUT2D eigenvalue weighted by Crippen LogP contribution is 2.70. The molecular weight excluding hydrogens is 448 g/mol. The summed E-state index contributed by atoms with van der Waals surface area (Å²) in [5, 5.41) is 21.1. The minimum Gasteiger partial charge on any atom is -0.481 e. The largest absolute Gasteiger partial charge is 0.481 e. The van der Waals surface area contributed by atoms with Crippen LogP contribution in [-0.4, -0.2) is 33.9 Å². The van der Waals surface area contributed by atoms with Crippen LogP contribution < -0.4 is 5.63 Å². The second-order valence-corrected chi connectivity index (χ2v) is 12.1. The van der Waals surface area contributed by atoms with Crippen molar-refractivity contribution < 1.29 is 29.0 Å². The van der Waals surface area contributed by atoms with Gasteiger partial charge in [0, 0.05) is 11.5 Å². The molecule has 1 aromatic rings. The fourth-order valence-corrected chi connectivity index (χ4v) is 8.85. The Morgan fingerprint density at radius 3 is 2.54 bits per heavy atom. The second kappa shape index (κ2) is 8.75. The SMILES string of the molecule is C[C@]12CC[C@H](OC(=O)CCC(=O)O)C[C@H]1CC[C@@H]1[C@@H]2CC[C@]2(C)[C@@H](c3ccc(=O)oc3)CC[C@]12O. The van der Waals surface area contributed by atoms with Crippen LogP contribution in [0.1, 0.15) is 96.0 Å². The van der Waals surface area contributed by atoms with Crippen LogP contribution in [0.25, 0.3) is 0 Å². The first kappa shape index (κ1) is 24.5. The number of aliphatic hydroxyl groups is 1. The van der Waals surface area contributed by atoms with Crippen LogP contribution >= 0.6 is 0 Å². The highest BCUT2D eigenvalue weighted by atomic mass is 16.5. The summed E-state index contributed by atoms with van der Waals surface area (Å²) in [6, 6.07) is 3.36. The summed E-state index contributed by atoms with van der Waals surface area (Å²) >= 11 is 0. The first-order valence-electron chi connectivity index (χ1n) is 13.3. The number of carboxylic acids is 1. The van der Waals surface area contributed by atoms with Gasteiger partial charge in [-0.25, -0.2) is 4.79 Å². The van der Waals surface area contributed by atoms with Gasteiger partial charge in [0.2, 0.25) is 0 Å². The predicted octanol–water partition coefficient (Wildman–Crippen LogP) is 4.66. The van der Waals surface area contributed by atoms with Crippen molar-refractivity contribution in [3.63, 3.8) is 0 Å². The molecule has 0 amide bonds. The van der Waals surface area contributed by atoms with Crippen LogP contribution in [0.4, 0.5) is 0 Å². The average Bonchev–Trinajstić information content (AvgIpc) is 3.10. The lowest BCUT2D eigenvalue weighted by molar-refractivity contribution is -0.207. The van der Waals surface area contributed by atoms with Crippen LogP contribution in [0.3, 0.4) is 0 Å². The first-order chi connectivity index (χ1) is 16.6. The van der Waals surface area contributed by atoms with E-state index in [4.69, 9.17) is 14.3 Å². The molecule has 0 aliphatic heterocycles. The topological polar surface area (TPSA) is 114 Å². The van der Waals surface area contributed by atoms with Gasteiger partial charge in [-0.15, -0.1) is 0 Å². The molecule has 4 aliphatic rings. The Morgan fingerprint density at radius 2 is 1.83 bits per heavy atom. The van der Waals surface area contributed by atoms with Gasteiger partial charge in [-0.05, 0) is 98.5 Å². The molecule has 1 heterocycles. The van der Waals surface area contributed by atoms with Crippen LogP contribution in [0.15, 0.2) is 27.6 Å². The number of fused-ring (bicyclic) bond motifs is 5. The summed E-state index contributed by atoms with van der Waals surface area (Å²) in [5.41, 5.74) is -0.183. The maximum absolute atomic E-state index is 12.3. The highest BCUT2D eigenvalue weighted by Gasteiger charge is 2.67. The van der Waals surface area contributed by atoms with Crippen molar-refractivity contribution in [2.75, 3.05) is 0 Å². The zero-order valence-corrected chi connectivity index (χ0v) is 20.8. The number of rotatable bonds is 5. The van der Waals surface area contributed by atoms with Gasteiger partial charge >= 0.3 is 17.6 Å². The number of aliphatic carboxylic acids is 1. The van der Waals surface area contributed by atoms with Crippen molar-refractivity contribution in [1.29, 1.82) is 0 Å². The third-order valence-corrected chi connectivity index (χ3v) is 10.8. The Hall–Kier alpha value is -2.15. The zero-order valence-electron chi connectivity index (χ0n) is 20.8. The zero-order chi connectivity index (χ0) is 25.0. The maximum atomic E-state index is 12.3. The molecule has 2 N–H and O–H groups in total. The Labute approximate surface area is 206 Å². The fourth-order valence-electron chi connectivity index (χ4n) is 8.85. The van der Waals surface area contributed by atoms with Gasteiger partial charge in [-0.2, -0.15) is 0 Å². The molecule has 35 heavy (non-hydrogen) atoms. The monoisotopic (exact) mass is 486 g/mol. The van der Waals surface area contributed by atoms with Crippen molar-refractivity contribution in [2.24, 2.45) is 28.6 Å². The number of carbonyl (C=O) groups is 2. The van der Waals surface area contributed by atoms with Crippen LogP contribution in [0.5, 0.6) is 0 Å². The molecule has 0 aromatic carbocycles. The van der Waals surface area contributed by atoms with E-state index >= 15 is 0 Å². The Bertz CT molecular complexity index is 1030. The van der Waals surface area contributed by atoms with Crippen molar-refractivity contribution in [1.82, 2.24) is 0 Å². The molecule has 0 radical (unpaired) electrons.